The largest absolute Gasteiger partial charge is 0.344 e. The van der Waals surface area contributed by atoms with Crippen LogP contribution in [0.2, 0.25) is 0 Å². The van der Waals surface area contributed by atoms with Gasteiger partial charge in [-0.05, 0) is 33.3 Å². The lowest BCUT2D eigenvalue weighted by atomic mass is 9.60. The lowest BCUT2D eigenvalue weighted by molar-refractivity contribution is -1.18. The molecule has 138 valence electrons. The van der Waals surface area contributed by atoms with Gasteiger partial charge >= 0.3 is 0 Å². The first-order valence-corrected chi connectivity index (χ1v) is 10.3. The third-order valence-corrected chi connectivity index (χ3v) is 7.77. The van der Waals surface area contributed by atoms with E-state index < -0.39 is 0 Å². The van der Waals surface area contributed by atoms with Gasteiger partial charge in [-0.1, -0.05) is 25.1 Å². The number of rotatable bonds is 3. The molecule has 5 heterocycles. The number of nitrogens with zero attached hydrogens (tertiary/aromatic N) is 1. The maximum atomic E-state index is 13.2. The summed E-state index contributed by atoms with van der Waals surface area (Å²) in [5, 5.41) is 1.42. The standard InChI is InChI=1S/C22H29N3O/c1-5-22-13-23-11-21(4,20(22)26)12-24(14-22)19(23)18-15(3)25(6-2)17-10-8-7-9-16(17)18/h7-10,19H,5-6,11-14H2,1-4H3/p+2. The number of aryl methyl sites for hydroxylation is 1. The maximum absolute atomic E-state index is 13.2. The number of benzene rings is 1. The zero-order chi connectivity index (χ0) is 18.3. The number of hydrogen-bond donors (Lipinski definition) is 2. The highest BCUT2D eigenvalue weighted by atomic mass is 16.1. The molecule has 6 rings (SSSR count). The second-order valence-electron chi connectivity index (χ2n) is 9.24. The number of para-hydroxylation sites is 1. The summed E-state index contributed by atoms with van der Waals surface area (Å²) in [6.07, 6.45) is 1.48. The zero-order valence-electron chi connectivity index (χ0n) is 16.5. The predicted molar refractivity (Wildman–Crippen MR) is 102 cm³/mol. The van der Waals surface area contributed by atoms with Crippen molar-refractivity contribution >= 4 is 16.7 Å². The quantitative estimate of drug-likeness (QED) is 0.838. The minimum Gasteiger partial charge on any atom is -0.344 e. The smallest absolute Gasteiger partial charge is 0.242 e. The number of carbonyl (C=O) groups excluding carboxylic acids is 1. The van der Waals surface area contributed by atoms with Gasteiger partial charge in [0.05, 0.1) is 5.56 Å². The molecule has 4 aliphatic heterocycles. The summed E-state index contributed by atoms with van der Waals surface area (Å²) < 4.78 is 2.47. The van der Waals surface area contributed by atoms with Crippen LogP contribution in [-0.4, -0.2) is 36.5 Å². The summed E-state index contributed by atoms with van der Waals surface area (Å²) in [5.41, 5.74) is 4.13. The minimum absolute atomic E-state index is 0.0799. The fourth-order valence-corrected chi connectivity index (χ4v) is 6.83. The average molecular weight is 354 g/mol. The molecule has 2 unspecified atom stereocenters. The Morgan fingerprint density at radius 2 is 1.77 bits per heavy atom. The molecule has 0 saturated carbocycles. The molecule has 4 saturated heterocycles. The Bertz CT molecular complexity index is 895. The molecule has 4 aliphatic rings. The van der Waals surface area contributed by atoms with E-state index in [-0.39, 0.29) is 10.8 Å². The van der Waals surface area contributed by atoms with Crippen molar-refractivity contribution in [2.75, 3.05) is 26.2 Å². The van der Waals surface area contributed by atoms with Crippen LogP contribution in [0.5, 0.6) is 0 Å². The number of carbonyl (C=O) groups is 1. The van der Waals surface area contributed by atoms with Crippen LogP contribution in [-0.2, 0) is 11.3 Å². The molecule has 0 spiro atoms. The van der Waals surface area contributed by atoms with Crippen LogP contribution in [0.25, 0.3) is 10.9 Å². The van der Waals surface area contributed by atoms with E-state index in [0.29, 0.717) is 11.9 Å². The number of aromatic nitrogens is 1. The predicted octanol–water partition coefficient (Wildman–Crippen LogP) is 0.751. The molecule has 0 amide bonds. The van der Waals surface area contributed by atoms with Gasteiger partial charge in [-0.3, -0.25) is 14.6 Å². The van der Waals surface area contributed by atoms with Gasteiger partial charge in [0.1, 0.15) is 37.0 Å². The van der Waals surface area contributed by atoms with E-state index in [1.807, 2.05) is 0 Å². The van der Waals surface area contributed by atoms with Crippen molar-refractivity contribution in [3.05, 3.63) is 35.5 Å². The van der Waals surface area contributed by atoms with E-state index in [1.54, 1.807) is 9.80 Å². The van der Waals surface area contributed by atoms with Crippen LogP contribution < -0.4 is 9.80 Å². The number of quaternary nitrogens is 2. The van der Waals surface area contributed by atoms with Crippen molar-refractivity contribution < 1.29 is 14.6 Å². The number of ketones is 1. The normalized spacial score (nSPS) is 38.5. The number of Topliss-reactive ketones (excluding diaryl/α,β-unsaturated/α-hetero) is 1. The molecular weight excluding hydrogens is 322 g/mol. The van der Waals surface area contributed by atoms with Crippen molar-refractivity contribution in [2.24, 2.45) is 10.8 Å². The first-order chi connectivity index (χ1) is 12.4. The molecule has 1 aromatic heterocycles. The van der Waals surface area contributed by atoms with E-state index in [2.05, 4.69) is 56.5 Å². The fraction of sp³-hybridized carbons (Fsp3) is 0.591. The van der Waals surface area contributed by atoms with Crippen molar-refractivity contribution in [2.45, 2.75) is 46.8 Å². The summed E-state index contributed by atoms with van der Waals surface area (Å²) in [5.74, 6) is 0.561. The van der Waals surface area contributed by atoms with Crippen molar-refractivity contribution in [3.8, 4) is 0 Å². The van der Waals surface area contributed by atoms with Gasteiger partial charge in [0.25, 0.3) is 0 Å². The third-order valence-electron chi connectivity index (χ3n) is 7.77. The minimum atomic E-state index is -0.120. The molecule has 2 atom stereocenters. The van der Waals surface area contributed by atoms with Crippen LogP contribution in [0, 0.1) is 17.8 Å². The highest BCUT2D eigenvalue weighted by Crippen LogP contribution is 2.40. The van der Waals surface area contributed by atoms with Crippen molar-refractivity contribution in [3.63, 3.8) is 0 Å². The molecule has 4 nitrogen and oxygen atoms in total. The van der Waals surface area contributed by atoms with Gasteiger partial charge in [0.15, 0.2) is 5.78 Å². The first-order valence-electron chi connectivity index (χ1n) is 10.3. The monoisotopic (exact) mass is 353 g/mol. The number of nitrogens with one attached hydrogen (secondary N) is 2. The SMILES string of the molecule is CCn1c(C)c(C2[NH+]3CC4(C)C[NH+]2CC(CC)(C3)C4=O)c2ccccc21. The van der Waals surface area contributed by atoms with E-state index >= 15 is 0 Å². The van der Waals surface area contributed by atoms with Gasteiger partial charge in [-0.15, -0.1) is 0 Å². The van der Waals surface area contributed by atoms with Crippen LogP contribution in [0.4, 0.5) is 0 Å². The van der Waals surface area contributed by atoms with Crippen molar-refractivity contribution in [1.82, 2.24) is 4.57 Å². The number of fused-ring (bicyclic) bond motifs is 1. The molecule has 2 aromatic rings. The van der Waals surface area contributed by atoms with E-state index in [1.165, 1.54) is 22.2 Å². The van der Waals surface area contributed by atoms with Gasteiger partial charge in [-0.2, -0.15) is 0 Å². The maximum Gasteiger partial charge on any atom is 0.242 e. The molecule has 26 heavy (non-hydrogen) atoms. The van der Waals surface area contributed by atoms with Crippen LogP contribution >= 0.6 is 0 Å². The molecule has 2 N–H and O–H groups in total. The zero-order valence-corrected chi connectivity index (χ0v) is 16.5. The molecule has 0 aliphatic carbocycles. The highest BCUT2D eigenvalue weighted by Gasteiger charge is 2.69. The molecule has 0 radical (unpaired) electrons. The van der Waals surface area contributed by atoms with Crippen LogP contribution in [0.3, 0.4) is 0 Å². The lowest BCUT2D eigenvalue weighted by Gasteiger charge is -2.59. The Balaban J connectivity index is 1.68. The average Bonchev–Trinajstić information content (AvgIpc) is 2.90. The number of hydrogen-bond acceptors (Lipinski definition) is 1. The first kappa shape index (κ1) is 16.5. The van der Waals surface area contributed by atoms with Gasteiger partial charge in [-0.25, -0.2) is 0 Å². The Labute approximate surface area is 155 Å². The second kappa shape index (κ2) is 5.20. The summed E-state index contributed by atoms with van der Waals surface area (Å²) in [4.78, 5) is 16.5. The Morgan fingerprint density at radius 1 is 1.12 bits per heavy atom. The molecule has 4 heteroatoms. The van der Waals surface area contributed by atoms with E-state index in [4.69, 9.17) is 0 Å². The fourth-order valence-electron chi connectivity index (χ4n) is 6.83. The van der Waals surface area contributed by atoms with Crippen molar-refractivity contribution in [1.29, 1.82) is 0 Å². The lowest BCUT2D eigenvalue weighted by Crippen LogP contribution is -3.41. The number of piperidine rings is 2. The second-order valence-corrected chi connectivity index (χ2v) is 9.24. The molecule has 4 fully saturated rings. The van der Waals surface area contributed by atoms with Gasteiger partial charge < -0.3 is 4.57 Å². The summed E-state index contributed by atoms with van der Waals surface area (Å²) in [7, 11) is 0. The van der Waals surface area contributed by atoms with Crippen LogP contribution in [0.15, 0.2) is 24.3 Å². The highest BCUT2D eigenvalue weighted by molar-refractivity contribution is 5.92. The Hall–Kier alpha value is -1.65. The van der Waals surface area contributed by atoms with E-state index in [9.17, 15) is 4.79 Å². The summed E-state index contributed by atoms with van der Waals surface area (Å²) in [6, 6.07) is 8.90. The third kappa shape index (κ3) is 1.84. The summed E-state index contributed by atoms with van der Waals surface area (Å²) >= 11 is 0. The van der Waals surface area contributed by atoms with Crippen LogP contribution in [0.1, 0.15) is 44.6 Å². The summed E-state index contributed by atoms with van der Waals surface area (Å²) in [6.45, 7) is 14.1. The molecule has 1 aromatic carbocycles. The van der Waals surface area contributed by atoms with Gasteiger partial charge in [0.2, 0.25) is 6.17 Å². The molecular formula is C22H31N3O+2. The molecule has 4 bridgehead atoms. The van der Waals surface area contributed by atoms with Gasteiger partial charge in [0, 0.05) is 23.1 Å². The Kier molecular flexibility index (Phi) is 3.31. The van der Waals surface area contributed by atoms with E-state index in [0.717, 1.165) is 39.1 Å². The Morgan fingerprint density at radius 3 is 2.38 bits per heavy atom. The topological polar surface area (TPSA) is 30.9 Å².